The molecule has 0 atom stereocenters. The Kier molecular flexibility index (Phi) is 7.73. The van der Waals surface area contributed by atoms with Gasteiger partial charge in [0.25, 0.3) is 5.91 Å². The molecule has 0 bridgehead atoms. The summed E-state index contributed by atoms with van der Waals surface area (Å²) >= 11 is 0. The Morgan fingerprint density at radius 3 is 2.43 bits per heavy atom. The van der Waals surface area contributed by atoms with E-state index in [-0.39, 0.29) is 59.1 Å². The summed E-state index contributed by atoms with van der Waals surface area (Å²) < 4.78 is 71.2. The fourth-order valence-electron chi connectivity index (χ4n) is 4.56. The Bertz CT molecular complexity index is 1780. The van der Waals surface area contributed by atoms with Crippen LogP contribution in [0.25, 0.3) is 10.8 Å². The zero-order valence-corrected chi connectivity index (χ0v) is 22.9. The molecule has 1 aliphatic rings. The van der Waals surface area contributed by atoms with E-state index in [4.69, 9.17) is 4.74 Å². The molecule has 14 heteroatoms. The highest BCUT2D eigenvalue weighted by Crippen LogP contribution is 2.39. The van der Waals surface area contributed by atoms with E-state index < -0.39 is 27.5 Å². The summed E-state index contributed by atoms with van der Waals surface area (Å²) in [6.45, 7) is 1.24. The van der Waals surface area contributed by atoms with E-state index >= 15 is 0 Å². The molecule has 218 valence electrons. The first-order valence-electron chi connectivity index (χ1n) is 12.7. The topological polar surface area (TPSA) is 131 Å². The number of alkyl halides is 3. The van der Waals surface area contributed by atoms with Gasteiger partial charge in [0, 0.05) is 43.0 Å². The number of halogens is 3. The Labute approximate surface area is 238 Å². The minimum Gasteiger partial charge on any atom is -0.439 e. The van der Waals surface area contributed by atoms with E-state index in [2.05, 4.69) is 20.6 Å². The number of rotatable bonds is 6. The molecule has 10 nitrogen and oxygen atoms in total. The largest absolute Gasteiger partial charge is 0.439 e. The number of anilines is 3. The van der Waals surface area contributed by atoms with E-state index in [9.17, 15) is 31.2 Å². The number of aromatic nitrogens is 2. The van der Waals surface area contributed by atoms with Crippen LogP contribution in [0.3, 0.4) is 0 Å². The average molecular weight is 600 g/mol. The highest BCUT2D eigenvalue weighted by atomic mass is 32.2. The minimum absolute atomic E-state index is 0.0491. The Morgan fingerprint density at radius 1 is 0.952 bits per heavy atom. The third-order valence-electron chi connectivity index (χ3n) is 6.51. The second-order valence-corrected chi connectivity index (χ2v) is 11.8. The standard InChI is InChI=1S/C28H24F3N5O5S/c1-17(37)34-25-15-26(33-16-32-25)41-20-6-7-21-18(13-20)3-2-4-22(21)27(38)35-19-5-8-24(23(14-19)28(29,30)31)36-9-11-42(39,40)12-10-36/h2-8,13-16H,9-12H2,1H3,(H,35,38)(H,32,33,34,37). The van der Waals surface area contributed by atoms with Gasteiger partial charge in [0.1, 0.15) is 17.9 Å². The molecular weight excluding hydrogens is 575 g/mol. The molecule has 1 aliphatic heterocycles. The minimum atomic E-state index is -4.73. The van der Waals surface area contributed by atoms with Gasteiger partial charge in [-0.25, -0.2) is 18.4 Å². The molecule has 0 saturated carbocycles. The van der Waals surface area contributed by atoms with Gasteiger partial charge < -0.3 is 20.3 Å². The van der Waals surface area contributed by atoms with Gasteiger partial charge >= 0.3 is 6.18 Å². The number of nitrogens with zero attached hydrogens (tertiary/aromatic N) is 3. The van der Waals surface area contributed by atoms with E-state index in [1.54, 1.807) is 36.4 Å². The van der Waals surface area contributed by atoms with Crippen molar-refractivity contribution in [1.82, 2.24) is 9.97 Å². The van der Waals surface area contributed by atoms with Crippen LogP contribution in [0, 0.1) is 0 Å². The second kappa shape index (κ2) is 11.3. The third-order valence-corrected chi connectivity index (χ3v) is 8.12. The number of benzene rings is 3. The molecule has 2 heterocycles. The van der Waals surface area contributed by atoms with Crippen molar-refractivity contribution < 1.29 is 35.9 Å². The van der Waals surface area contributed by atoms with Crippen LogP contribution in [0.2, 0.25) is 0 Å². The molecule has 2 N–H and O–H groups in total. The Balaban J connectivity index is 1.37. The van der Waals surface area contributed by atoms with Crippen LogP contribution in [0.15, 0.2) is 67.0 Å². The van der Waals surface area contributed by atoms with Gasteiger partial charge in [0.2, 0.25) is 11.8 Å². The van der Waals surface area contributed by atoms with Gasteiger partial charge in [-0.1, -0.05) is 12.1 Å². The van der Waals surface area contributed by atoms with Crippen LogP contribution in [0.5, 0.6) is 11.6 Å². The van der Waals surface area contributed by atoms with Crippen molar-refractivity contribution in [2.75, 3.05) is 40.1 Å². The number of hydrogen-bond acceptors (Lipinski definition) is 8. The van der Waals surface area contributed by atoms with Crippen LogP contribution in [0.4, 0.5) is 30.4 Å². The van der Waals surface area contributed by atoms with Crippen LogP contribution in [0.1, 0.15) is 22.8 Å². The van der Waals surface area contributed by atoms with Crippen LogP contribution < -0.4 is 20.3 Å². The van der Waals surface area contributed by atoms with E-state index in [1.807, 2.05) is 0 Å². The maximum absolute atomic E-state index is 14.0. The van der Waals surface area contributed by atoms with Crippen molar-refractivity contribution >= 4 is 49.6 Å². The lowest BCUT2D eigenvalue weighted by atomic mass is 10.0. The summed E-state index contributed by atoms with van der Waals surface area (Å²) in [7, 11) is -3.28. The van der Waals surface area contributed by atoms with Crippen LogP contribution in [-0.2, 0) is 20.8 Å². The summed E-state index contributed by atoms with van der Waals surface area (Å²) in [5.41, 5.74) is -0.934. The smallest absolute Gasteiger partial charge is 0.418 e. The van der Waals surface area contributed by atoms with Crippen molar-refractivity contribution in [2.45, 2.75) is 13.1 Å². The van der Waals surface area contributed by atoms with E-state index in [1.165, 1.54) is 36.4 Å². The first kappa shape index (κ1) is 28.8. The van der Waals surface area contributed by atoms with Crippen molar-refractivity contribution in [2.24, 2.45) is 0 Å². The lowest BCUT2D eigenvalue weighted by Crippen LogP contribution is -2.41. The molecule has 1 fully saturated rings. The number of nitrogens with one attached hydrogen (secondary N) is 2. The highest BCUT2D eigenvalue weighted by Gasteiger charge is 2.36. The first-order chi connectivity index (χ1) is 19.9. The van der Waals surface area contributed by atoms with Gasteiger partial charge in [-0.05, 0) is 53.2 Å². The molecule has 3 aromatic carbocycles. The summed E-state index contributed by atoms with van der Waals surface area (Å²) in [4.78, 5) is 33.8. The molecule has 1 aromatic heterocycles. The van der Waals surface area contributed by atoms with Crippen molar-refractivity contribution in [3.8, 4) is 11.6 Å². The molecular formula is C28H24F3N5O5S. The molecule has 4 aromatic rings. The maximum atomic E-state index is 14.0. The predicted molar refractivity (Wildman–Crippen MR) is 151 cm³/mol. The summed E-state index contributed by atoms with van der Waals surface area (Å²) in [6.07, 6.45) is -3.49. The van der Waals surface area contributed by atoms with Crippen molar-refractivity contribution in [3.05, 3.63) is 78.1 Å². The number of carbonyl (C=O) groups is 2. The van der Waals surface area contributed by atoms with Crippen LogP contribution >= 0.6 is 0 Å². The predicted octanol–water partition coefficient (Wildman–Crippen LogP) is 4.89. The molecule has 0 radical (unpaired) electrons. The Hall–Kier alpha value is -4.72. The summed E-state index contributed by atoms with van der Waals surface area (Å²) in [6, 6.07) is 14.8. The number of sulfone groups is 1. The fourth-order valence-corrected chi connectivity index (χ4v) is 5.76. The second-order valence-electron chi connectivity index (χ2n) is 9.54. The third kappa shape index (κ3) is 6.60. The molecule has 5 rings (SSSR count). The van der Waals surface area contributed by atoms with Gasteiger partial charge in [0.15, 0.2) is 9.84 Å². The summed E-state index contributed by atoms with van der Waals surface area (Å²) in [5, 5.41) is 6.24. The first-order valence-corrected chi connectivity index (χ1v) is 14.5. The quantitative estimate of drug-likeness (QED) is 0.321. The van der Waals surface area contributed by atoms with Gasteiger partial charge in [-0.15, -0.1) is 0 Å². The molecule has 0 spiro atoms. The highest BCUT2D eigenvalue weighted by molar-refractivity contribution is 7.91. The average Bonchev–Trinajstić information content (AvgIpc) is 2.92. The Morgan fingerprint density at radius 2 is 1.71 bits per heavy atom. The number of ether oxygens (including phenoxy) is 1. The SMILES string of the molecule is CC(=O)Nc1cc(Oc2ccc3c(C(=O)Nc4ccc(N5CCS(=O)(=O)CC5)c(C(F)(F)F)c4)cccc3c2)ncn1. The van der Waals surface area contributed by atoms with Crippen LogP contribution in [-0.4, -0.2) is 54.8 Å². The van der Waals surface area contributed by atoms with Gasteiger partial charge in [-0.2, -0.15) is 13.2 Å². The van der Waals surface area contributed by atoms with E-state index in [0.717, 1.165) is 6.07 Å². The van der Waals surface area contributed by atoms with E-state index in [0.29, 0.717) is 16.5 Å². The van der Waals surface area contributed by atoms with Gasteiger partial charge in [0.05, 0.1) is 17.1 Å². The summed E-state index contributed by atoms with van der Waals surface area (Å²) in [5.74, 6) is -0.545. The zero-order chi connectivity index (χ0) is 30.1. The lowest BCUT2D eigenvalue weighted by molar-refractivity contribution is -0.137. The number of carbonyl (C=O) groups excluding carboxylic acids is 2. The fraction of sp³-hybridized carbons (Fsp3) is 0.214. The monoisotopic (exact) mass is 599 g/mol. The number of hydrogen-bond donors (Lipinski definition) is 2. The molecule has 0 aliphatic carbocycles. The van der Waals surface area contributed by atoms with Gasteiger partial charge in [-0.3, -0.25) is 9.59 Å². The van der Waals surface area contributed by atoms with Crippen molar-refractivity contribution in [1.29, 1.82) is 0 Å². The normalized spacial score (nSPS) is 14.8. The molecule has 1 saturated heterocycles. The molecule has 42 heavy (non-hydrogen) atoms. The maximum Gasteiger partial charge on any atom is 0.418 e. The molecule has 2 amide bonds. The molecule has 0 unspecified atom stereocenters. The number of amides is 2. The number of fused-ring (bicyclic) bond motifs is 1. The van der Waals surface area contributed by atoms with Crippen molar-refractivity contribution in [3.63, 3.8) is 0 Å². The zero-order valence-electron chi connectivity index (χ0n) is 22.1. The lowest BCUT2D eigenvalue weighted by Gasteiger charge is -2.31.